The van der Waals surface area contributed by atoms with Gasteiger partial charge in [0.1, 0.15) is 11.6 Å². The predicted octanol–water partition coefficient (Wildman–Crippen LogP) is 6.47. The highest BCUT2D eigenvalue weighted by Crippen LogP contribution is 2.24. The molecule has 0 aliphatic heterocycles. The molecule has 1 heterocycles. The molecule has 188 valence electrons. The van der Waals surface area contributed by atoms with Gasteiger partial charge < -0.3 is 14.6 Å². The number of nitrogens with zero attached hydrogens (tertiary/aromatic N) is 2. The third-order valence-electron chi connectivity index (χ3n) is 6.43. The summed E-state index contributed by atoms with van der Waals surface area (Å²) in [5, 5.41) is 3.03. The van der Waals surface area contributed by atoms with Crippen LogP contribution in [0.15, 0.2) is 72.8 Å². The zero-order valence-electron chi connectivity index (χ0n) is 21.9. The molecule has 0 saturated heterocycles. The highest BCUT2D eigenvalue weighted by molar-refractivity contribution is 5.94. The molecule has 4 rings (SSSR count). The van der Waals surface area contributed by atoms with Crippen molar-refractivity contribution in [1.29, 1.82) is 0 Å². The SMILES string of the molecule is Cc1ccc(C(=O)NCCCc2nc3ccccc3n2CCCOc2ccc(C(C)(C)C)cc2)cc1. The smallest absolute Gasteiger partial charge is 0.251 e. The fourth-order valence-electron chi connectivity index (χ4n) is 4.29. The van der Waals surface area contributed by atoms with Crippen molar-refractivity contribution >= 4 is 16.9 Å². The van der Waals surface area contributed by atoms with Gasteiger partial charge in [-0.2, -0.15) is 0 Å². The maximum Gasteiger partial charge on any atom is 0.251 e. The number of imidazole rings is 1. The van der Waals surface area contributed by atoms with Gasteiger partial charge >= 0.3 is 0 Å². The number of para-hydroxylation sites is 2. The van der Waals surface area contributed by atoms with Crippen molar-refractivity contribution in [3.05, 3.63) is 95.3 Å². The number of hydrogen-bond acceptors (Lipinski definition) is 3. The summed E-state index contributed by atoms with van der Waals surface area (Å²) in [5.41, 5.74) is 5.44. The Bertz CT molecular complexity index is 1280. The summed E-state index contributed by atoms with van der Waals surface area (Å²) in [6, 6.07) is 24.3. The molecular formula is C31H37N3O2. The van der Waals surface area contributed by atoms with Gasteiger partial charge in [0.15, 0.2) is 0 Å². The minimum Gasteiger partial charge on any atom is -0.494 e. The first-order chi connectivity index (χ1) is 17.3. The zero-order valence-corrected chi connectivity index (χ0v) is 21.9. The molecule has 5 heteroatoms. The Kier molecular flexibility index (Phi) is 8.09. The van der Waals surface area contributed by atoms with Gasteiger partial charge in [0, 0.05) is 25.1 Å². The van der Waals surface area contributed by atoms with Crippen molar-refractivity contribution < 1.29 is 9.53 Å². The number of amides is 1. The third kappa shape index (κ3) is 6.54. The highest BCUT2D eigenvalue weighted by atomic mass is 16.5. The summed E-state index contributed by atoms with van der Waals surface area (Å²) >= 11 is 0. The number of aryl methyl sites for hydroxylation is 3. The maximum absolute atomic E-state index is 12.4. The second-order valence-electron chi connectivity index (χ2n) is 10.4. The number of carbonyl (C=O) groups is 1. The minimum absolute atomic E-state index is 0.0313. The molecule has 5 nitrogen and oxygen atoms in total. The van der Waals surface area contributed by atoms with Crippen LogP contribution in [0.4, 0.5) is 0 Å². The van der Waals surface area contributed by atoms with Crippen LogP contribution >= 0.6 is 0 Å². The van der Waals surface area contributed by atoms with E-state index in [0.29, 0.717) is 18.7 Å². The topological polar surface area (TPSA) is 56.2 Å². The molecule has 0 unspecified atom stereocenters. The maximum atomic E-state index is 12.4. The first-order valence-corrected chi connectivity index (χ1v) is 12.8. The van der Waals surface area contributed by atoms with E-state index in [4.69, 9.17) is 9.72 Å². The molecule has 0 spiro atoms. The summed E-state index contributed by atoms with van der Waals surface area (Å²) in [5.74, 6) is 1.93. The number of hydrogen-bond donors (Lipinski definition) is 1. The first-order valence-electron chi connectivity index (χ1n) is 12.8. The summed E-state index contributed by atoms with van der Waals surface area (Å²) < 4.78 is 8.31. The molecule has 1 aromatic heterocycles. The number of benzene rings is 3. The Morgan fingerprint density at radius 3 is 2.39 bits per heavy atom. The van der Waals surface area contributed by atoms with E-state index in [1.807, 2.05) is 37.3 Å². The van der Waals surface area contributed by atoms with Gasteiger partial charge in [-0.3, -0.25) is 4.79 Å². The molecule has 0 bridgehead atoms. The van der Waals surface area contributed by atoms with Gasteiger partial charge in [-0.1, -0.05) is 62.7 Å². The van der Waals surface area contributed by atoms with E-state index in [1.165, 1.54) is 5.56 Å². The van der Waals surface area contributed by atoms with E-state index in [-0.39, 0.29) is 11.3 Å². The lowest BCUT2D eigenvalue weighted by molar-refractivity contribution is 0.0953. The number of ether oxygens (including phenoxy) is 1. The van der Waals surface area contributed by atoms with Crippen LogP contribution in [0.3, 0.4) is 0 Å². The summed E-state index contributed by atoms with van der Waals surface area (Å²) in [6.07, 6.45) is 2.52. The number of fused-ring (bicyclic) bond motifs is 1. The lowest BCUT2D eigenvalue weighted by Gasteiger charge is -2.19. The molecule has 1 amide bonds. The molecule has 4 aromatic rings. The Balaban J connectivity index is 1.31. The van der Waals surface area contributed by atoms with E-state index in [2.05, 4.69) is 73.1 Å². The number of aromatic nitrogens is 2. The highest BCUT2D eigenvalue weighted by Gasteiger charge is 2.13. The Morgan fingerprint density at radius 2 is 1.67 bits per heavy atom. The normalized spacial score (nSPS) is 11.6. The van der Waals surface area contributed by atoms with Crippen LogP contribution in [-0.4, -0.2) is 28.6 Å². The second-order valence-corrected chi connectivity index (χ2v) is 10.4. The molecule has 0 saturated carbocycles. The van der Waals surface area contributed by atoms with Crippen LogP contribution in [-0.2, 0) is 18.4 Å². The average Bonchev–Trinajstić information content (AvgIpc) is 3.22. The molecule has 3 aromatic carbocycles. The number of carbonyl (C=O) groups excluding carboxylic acids is 1. The number of rotatable bonds is 10. The van der Waals surface area contributed by atoms with E-state index in [1.54, 1.807) is 0 Å². The van der Waals surface area contributed by atoms with Gasteiger partial charge in [-0.15, -0.1) is 0 Å². The van der Waals surface area contributed by atoms with Crippen LogP contribution in [0, 0.1) is 6.92 Å². The fourth-order valence-corrected chi connectivity index (χ4v) is 4.29. The molecule has 0 atom stereocenters. The Morgan fingerprint density at radius 1 is 0.944 bits per heavy atom. The lowest BCUT2D eigenvalue weighted by Crippen LogP contribution is -2.25. The molecule has 36 heavy (non-hydrogen) atoms. The predicted molar refractivity (Wildman–Crippen MR) is 147 cm³/mol. The lowest BCUT2D eigenvalue weighted by atomic mass is 9.87. The van der Waals surface area contributed by atoms with Gasteiger partial charge in [-0.05, 0) is 67.1 Å². The molecule has 0 aliphatic rings. The van der Waals surface area contributed by atoms with Crippen molar-refractivity contribution in [3.8, 4) is 5.75 Å². The van der Waals surface area contributed by atoms with Crippen molar-refractivity contribution in [2.45, 2.75) is 58.9 Å². The monoisotopic (exact) mass is 483 g/mol. The third-order valence-corrected chi connectivity index (χ3v) is 6.43. The standard InChI is InChI=1S/C31H37N3O2/c1-23-12-14-24(15-13-23)30(35)32-20-7-11-29-33-27-9-5-6-10-28(27)34(29)21-8-22-36-26-18-16-25(17-19-26)31(2,3)4/h5-6,9-10,12-19H,7-8,11,20-22H2,1-4H3,(H,32,35). The van der Waals surface area contributed by atoms with Gasteiger partial charge in [0.2, 0.25) is 0 Å². The summed E-state index contributed by atoms with van der Waals surface area (Å²) in [6.45, 7) is 10.8. The molecule has 1 N–H and O–H groups in total. The first kappa shape index (κ1) is 25.5. The van der Waals surface area contributed by atoms with Crippen molar-refractivity contribution in [1.82, 2.24) is 14.9 Å². The quantitative estimate of drug-likeness (QED) is 0.263. The molecular weight excluding hydrogens is 446 g/mol. The van der Waals surface area contributed by atoms with Gasteiger partial charge in [0.05, 0.1) is 17.6 Å². The molecule has 0 aliphatic carbocycles. The largest absolute Gasteiger partial charge is 0.494 e. The van der Waals surface area contributed by atoms with E-state index < -0.39 is 0 Å². The molecule has 0 fully saturated rings. The van der Waals surface area contributed by atoms with E-state index in [0.717, 1.165) is 54.0 Å². The van der Waals surface area contributed by atoms with Crippen LogP contribution < -0.4 is 10.1 Å². The van der Waals surface area contributed by atoms with Gasteiger partial charge in [0.25, 0.3) is 5.91 Å². The summed E-state index contributed by atoms with van der Waals surface area (Å²) in [7, 11) is 0. The summed E-state index contributed by atoms with van der Waals surface area (Å²) in [4.78, 5) is 17.3. The average molecular weight is 484 g/mol. The van der Waals surface area contributed by atoms with Crippen molar-refractivity contribution in [2.75, 3.05) is 13.2 Å². The Labute approximate surface area is 214 Å². The van der Waals surface area contributed by atoms with Crippen LogP contribution in [0.25, 0.3) is 11.0 Å². The molecule has 0 radical (unpaired) electrons. The van der Waals surface area contributed by atoms with Gasteiger partial charge in [-0.25, -0.2) is 4.98 Å². The van der Waals surface area contributed by atoms with Crippen molar-refractivity contribution in [3.63, 3.8) is 0 Å². The van der Waals surface area contributed by atoms with Crippen LogP contribution in [0.2, 0.25) is 0 Å². The van der Waals surface area contributed by atoms with Crippen molar-refractivity contribution in [2.24, 2.45) is 0 Å². The number of nitrogens with one attached hydrogen (secondary N) is 1. The second kappa shape index (κ2) is 11.4. The fraction of sp³-hybridized carbons (Fsp3) is 0.355. The minimum atomic E-state index is -0.0313. The van der Waals surface area contributed by atoms with E-state index >= 15 is 0 Å². The van der Waals surface area contributed by atoms with Crippen LogP contribution in [0.1, 0.15) is 60.9 Å². The van der Waals surface area contributed by atoms with Crippen LogP contribution in [0.5, 0.6) is 5.75 Å². The Hall–Kier alpha value is -3.60. The van der Waals surface area contributed by atoms with E-state index in [9.17, 15) is 4.79 Å². The zero-order chi connectivity index (χ0) is 25.5.